The molecule has 164 valence electrons. The molecule has 0 atom stereocenters. The highest BCUT2D eigenvalue weighted by Crippen LogP contribution is 2.23. The van der Waals surface area contributed by atoms with Gasteiger partial charge in [-0.05, 0) is 43.7 Å². The Morgan fingerprint density at radius 2 is 1.97 bits per heavy atom. The van der Waals surface area contributed by atoms with Gasteiger partial charge in [0.05, 0.1) is 16.7 Å². The Balaban J connectivity index is 1.64. The monoisotopic (exact) mass is 453 g/mol. The summed E-state index contributed by atoms with van der Waals surface area (Å²) in [5, 5.41) is 11.7. The Labute approximate surface area is 186 Å². The van der Waals surface area contributed by atoms with Crippen LogP contribution in [-0.2, 0) is 11.3 Å². The van der Waals surface area contributed by atoms with E-state index in [0.29, 0.717) is 40.7 Å². The molecule has 2 aromatic heterocycles. The summed E-state index contributed by atoms with van der Waals surface area (Å²) in [6.07, 6.45) is 0.688. The molecule has 10 heteroatoms. The van der Waals surface area contributed by atoms with Gasteiger partial charge in [-0.25, -0.2) is 4.39 Å². The Hall–Kier alpha value is -3.53. The number of amides is 1. The quantitative estimate of drug-likeness (QED) is 0.340. The Morgan fingerprint density at radius 3 is 2.72 bits per heavy atom. The van der Waals surface area contributed by atoms with E-state index < -0.39 is 5.82 Å². The maximum absolute atomic E-state index is 13.8. The first-order valence-corrected chi connectivity index (χ1v) is 11.0. The van der Waals surface area contributed by atoms with E-state index in [1.807, 2.05) is 6.92 Å². The van der Waals surface area contributed by atoms with Crippen molar-refractivity contribution in [1.29, 1.82) is 0 Å². The predicted molar refractivity (Wildman–Crippen MR) is 121 cm³/mol. The first kappa shape index (κ1) is 21.7. The van der Waals surface area contributed by atoms with Gasteiger partial charge in [0.15, 0.2) is 10.9 Å². The average Bonchev–Trinajstić information content (AvgIpc) is 3.19. The molecule has 2 aromatic carbocycles. The van der Waals surface area contributed by atoms with Crippen molar-refractivity contribution in [2.75, 3.05) is 11.1 Å². The van der Waals surface area contributed by atoms with E-state index in [1.165, 1.54) is 29.7 Å². The molecule has 0 radical (unpaired) electrons. The van der Waals surface area contributed by atoms with Gasteiger partial charge in [-0.3, -0.25) is 23.4 Å². The highest BCUT2D eigenvalue weighted by molar-refractivity contribution is 7.99. The van der Waals surface area contributed by atoms with Crippen molar-refractivity contribution in [3.8, 4) is 0 Å². The molecule has 8 nitrogen and oxygen atoms in total. The predicted octanol–water partition coefficient (Wildman–Crippen LogP) is 3.53. The van der Waals surface area contributed by atoms with Gasteiger partial charge in [0.2, 0.25) is 11.7 Å². The van der Waals surface area contributed by atoms with Crippen LogP contribution in [0.5, 0.6) is 0 Å². The molecule has 0 aliphatic rings. The zero-order valence-corrected chi connectivity index (χ0v) is 18.3. The lowest BCUT2D eigenvalue weighted by molar-refractivity contribution is -0.113. The van der Waals surface area contributed by atoms with E-state index in [4.69, 9.17) is 0 Å². The number of rotatable bonds is 7. The number of nitrogens with one attached hydrogen (secondary N) is 1. The summed E-state index contributed by atoms with van der Waals surface area (Å²) >= 11 is 1.15. The molecule has 0 bridgehead atoms. The van der Waals surface area contributed by atoms with Crippen LogP contribution < -0.4 is 10.9 Å². The second-order valence-electron chi connectivity index (χ2n) is 7.21. The lowest BCUT2D eigenvalue weighted by Gasteiger charge is -2.10. The summed E-state index contributed by atoms with van der Waals surface area (Å²) < 4.78 is 17.0. The minimum absolute atomic E-state index is 0.0285. The van der Waals surface area contributed by atoms with Crippen molar-refractivity contribution < 1.29 is 14.0 Å². The van der Waals surface area contributed by atoms with Crippen LogP contribution in [0.1, 0.15) is 30.6 Å². The molecule has 32 heavy (non-hydrogen) atoms. The van der Waals surface area contributed by atoms with Gasteiger partial charge in [0.1, 0.15) is 5.82 Å². The average molecular weight is 453 g/mol. The van der Waals surface area contributed by atoms with Crippen LogP contribution in [-0.4, -0.2) is 36.6 Å². The van der Waals surface area contributed by atoms with Crippen LogP contribution in [0.25, 0.3) is 16.7 Å². The number of aromatic nitrogens is 4. The zero-order chi connectivity index (χ0) is 22.8. The van der Waals surface area contributed by atoms with E-state index in [2.05, 4.69) is 15.5 Å². The normalized spacial score (nSPS) is 11.2. The molecular formula is C22H20FN5O3S. The summed E-state index contributed by atoms with van der Waals surface area (Å²) in [6, 6.07) is 10.7. The SMILES string of the molecule is CCCn1c(=O)c2cc(F)ccc2n2c(SCC(=O)Nc3cccc(C(C)=O)c3)nnc12. The summed E-state index contributed by atoms with van der Waals surface area (Å²) in [7, 11) is 0. The summed E-state index contributed by atoms with van der Waals surface area (Å²) in [5.41, 5.74) is 1.17. The highest BCUT2D eigenvalue weighted by atomic mass is 32.2. The number of carbonyl (C=O) groups excluding carboxylic acids is 2. The molecule has 0 saturated carbocycles. The molecule has 0 fully saturated rings. The van der Waals surface area contributed by atoms with Crippen LogP contribution >= 0.6 is 11.8 Å². The van der Waals surface area contributed by atoms with E-state index in [0.717, 1.165) is 11.8 Å². The van der Waals surface area contributed by atoms with E-state index in [-0.39, 0.29) is 28.4 Å². The number of thioether (sulfide) groups is 1. The van der Waals surface area contributed by atoms with Crippen molar-refractivity contribution in [1.82, 2.24) is 19.2 Å². The topological polar surface area (TPSA) is 98.4 Å². The first-order chi connectivity index (χ1) is 15.4. The molecule has 2 heterocycles. The van der Waals surface area contributed by atoms with Crippen LogP contribution in [0.15, 0.2) is 52.4 Å². The number of halogens is 1. The second kappa shape index (κ2) is 8.91. The number of anilines is 1. The van der Waals surface area contributed by atoms with Crippen molar-refractivity contribution >= 4 is 45.8 Å². The number of benzene rings is 2. The van der Waals surface area contributed by atoms with Crippen LogP contribution in [0.3, 0.4) is 0 Å². The standard InChI is InChI=1S/C22H20FN5O3S/c1-3-9-27-20(31)17-11-15(23)7-8-18(17)28-21(27)25-26-22(28)32-12-19(30)24-16-6-4-5-14(10-16)13(2)29/h4-8,10-11H,3,9,12H2,1-2H3,(H,24,30). The van der Waals surface area contributed by atoms with Crippen LogP contribution in [0.2, 0.25) is 0 Å². The molecule has 0 aliphatic heterocycles. The van der Waals surface area contributed by atoms with Crippen LogP contribution in [0, 0.1) is 5.82 Å². The summed E-state index contributed by atoms with van der Waals surface area (Å²) in [4.78, 5) is 36.9. The summed E-state index contributed by atoms with van der Waals surface area (Å²) in [5.74, 6) is -0.517. The van der Waals surface area contributed by atoms with Gasteiger partial charge >= 0.3 is 0 Å². The van der Waals surface area contributed by atoms with Crippen molar-refractivity contribution in [2.24, 2.45) is 0 Å². The maximum atomic E-state index is 13.8. The van der Waals surface area contributed by atoms with Crippen LogP contribution in [0.4, 0.5) is 10.1 Å². The number of carbonyl (C=O) groups is 2. The fourth-order valence-corrected chi connectivity index (χ4v) is 4.16. The molecule has 0 aliphatic carbocycles. The molecule has 0 unspecified atom stereocenters. The summed E-state index contributed by atoms with van der Waals surface area (Å²) in [6.45, 7) is 3.79. The molecule has 0 saturated heterocycles. The largest absolute Gasteiger partial charge is 0.325 e. The van der Waals surface area contributed by atoms with Gasteiger partial charge in [-0.15, -0.1) is 10.2 Å². The molecular weight excluding hydrogens is 433 g/mol. The fraction of sp³-hybridized carbons (Fsp3) is 0.227. The minimum atomic E-state index is -0.508. The molecule has 4 aromatic rings. The lowest BCUT2D eigenvalue weighted by atomic mass is 10.1. The van der Waals surface area contributed by atoms with Gasteiger partial charge in [-0.1, -0.05) is 30.8 Å². The van der Waals surface area contributed by atoms with Crippen molar-refractivity contribution in [3.05, 3.63) is 64.2 Å². The first-order valence-electron chi connectivity index (χ1n) is 10.00. The Morgan fingerprint density at radius 1 is 1.16 bits per heavy atom. The highest BCUT2D eigenvalue weighted by Gasteiger charge is 2.18. The Kier molecular flexibility index (Phi) is 6.04. The molecule has 4 rings (SSSR count). The lowest BCUT2D eigenvalue weighted by Crippen LogP contribution is -2.23. The number of Topliss-reactive ketones (excluding diaryl/α,β-unsaturated/α-hetero) is 1. The number of hydrogen-bond donors (Lipinski definition) is 1. The van der Waals surface area contributed by atoms with Crippen molar-refractivity contribution in [2.45, 2.75) is 32.0 Å². The number of hydrogen-bond acceptors (Lipinski definition) is 6. The van der Waals surface area contributed by atoms with E-state index in [1.54, 1.807) is 28.7 Å². The van der Waals surface area contributed by atoms with Gasteiger partial charge in [-0.2, -0.15) is 0 Å². The third-order valence-electron chi connectivity index (χ3n) is 4.87. The van der Waals surface area contributed by atoms with Gasteiger partial charge in [0.25, 0.3) is 5.56 Å². The van der Waals surface area contributed by atoms with Crippen molar-refractivity contribution in [3.63, 3.8) is 0 Å². The van der Waals surface area contributed by atoms with Gasteiger partial charge in [0, 0.05) is 17.8 Å². The second-order valence-corrected chi connectivity index (χ2v) is 8.15. The molecule has 1 N–H and O–H groups in total. The third-order valence-corrected chi connectivity index (χ3v) is 5.79. The number of fused-ring (bicyclic) bond motifs is 3. The number of ketones is 1. The third kappa shape index (κ3) is 4.13. The Bertz CT molecular complexity index is 1410. The number of nitrogens with zero attached hydrogens (tertiary/aromatic N) is 4. The maximum Gasteiger partial charge on any atom is 0.262 e. The van der Waals surface area contributed by atoms with Gasteiger partial charge < -0.3 is 5.32 Å². The smallest absolute Gasteiger partial charge is 0.262 e. The molecule has 1 amide bonds. The zero-order valence-electron chi connectivity index (χ0n) is 17.5. The fourth-order valence-electron chi connectivity index (χ4n) is 3.42. The van der Waals surface area contributed by atoms with E-state index >= 15 is 0 Å². The number of aryl methyl sites for hydroxylation is 1. The molecule has 0 spiro atoms. The minimum Gasteiger partial charge on any atom is -0.325 e. The van der Waals surface area contributed by atoms with E-state index in [9.17, 15) is 18.8 Å².